The Morgan fingerprint density at radius 3 is 2.17 bits per heavy atom. The minimum atomic E-state index is -4.35. The minimum absolute atomic E-state index is 0.115. The Balaban J connectivity index is 1.61. The first-order chi connectivity index (χ1) is 13.8. The van der Waals surface area contributed by atoms with Gasteiger partial charge in [-0.3, -0.25) is 9.69 Å². The third-order valence-corrected chi connectivity index (χ3v) is 4.43. The minimum Gasteiger partial charge on any atom is -0.324 e. The molecule has 0 spiro atoms. The van der Waals surface area contributed by atoms with Crippen molar-refractivity contribution in [2.45, 2.75) is 12.7 Å². The Labute approximate surface area is 167 Å². The quantitative estimate of drug-likeness (QED) is 0.599. The summed E-state index contributed by atoms with van der Waals surface area (Å²) in [4.78, 5) is 14.2. The van der Waals surface area contributed by atoms with Crippen LogP contribution in [-0.4, -0.2) is 24.4 Å². The molecule has 0 bridgehead atoms. The smallest absolute Gasteiger partial charge is 0.324 e. The van der Waals surface area contributed by atoms with Gasteiger partial charge in [0.2, 0.25) is 5.91 Å². The number of hydrogen-bond acceptors (Lipinski definition) is 2. The molecule has 0 aliphatic heterocycles. The van der Waals surface area contributed by atoms with E-state index in [0.717, 1.165) is 23.3 Å². The highest BCUT2D eigenvalue weighted by Gasteiger charge is 2.29. The van der Waals surface area contributed by atoms with Crippen LogP contribution in [0.3, 0.4) is 0 Å². The standard InChI is InChI=1S/C23H21F3N2O/c1-28(15-17-11-13-19(14-12-17)23(24,25)26)16-22(29)27-21-10-6-5-9-20(21)18-7-3-2-4-8-18/h2-14H,15-16H2,1H3,(H,27,29). The van der Waals surface area contributed by atoms with Gasteiger partial charge in [0, 0.05) is 17.8 Å². The molecule has 0 unspecified atom stereocenters. The summed E-state index contributed by atoms with van der Waals surface area (Å²) in [6, 6.07) is 22.3. The Morgan fingerprint density at radius 2 is 1.52 bits per heavy atom. The molecular weight excluding hydrogens is 377 g/mol. The van der Waals surface area contributed by atoms with E-state index in [9.17, 15) is 18.0 Å². The van der Waals surface area contributed by atoms with Gasteiger partial charge in [0.25, 0.3) is 0 Å². The number of benzene rings is 3. The Hall–Kier alpha value is -3.12. The van der Waals surface area contributed by atoms with E-state index in [1.807, 2.05) is 54.6 Å². The molecule has 3 nitrogen and oxygen atoms in total. The van der Waals surface area contributed by atoms with Crippen molar-refractivity contribution in [3.63, 3.8) is 0 Å². The predicted molar refractivity (Wildman–Crippen MR) is 108 cm³/mol. The summed E-state index contributed by atoms with van der Waals surface area (Å²) in [5.41, 5.74) is 2.66. The lowest BCUT2D eigenvalue weighted by atomic mass is 10.0. The van der Waals surface area contributed by atoms with Crippen LogP contribution in [0.5, 0.6) is 0 Å². The second-order valence-electron chi connectivity index (χ2n) is 6.83. The summed E-state index contributed by atoms with van der Waals surface area (Å²) in [5.74, 6) is -0.192. The highest BCUT2D eigenvalue weighted by molar-refractivity contribution is 5.96. The molecule has 1 N–H and O–H groups in total. The maximum Gasteiger partial charge on any atom is 0.416 e. The molecule has 3 aromatic carbocycles. The lowest BCUT2D eigenvalue weighted by molar-refractivity contribution is -0.137. The fraction of sp³-hybridized carbons (Fsp3) is 0.174. The van der Waals surface area contributed by atoms with Gasteiger partial charge in [-0.15, -0.1) is 0 Å². The van der Waals surface area contributed by atoms with Gasteiger partial charge in [0.05, 0.1) is 12.1 Å². The van der Waals surface area contributed by atoms with Gasteiger partial charge >= 0.3 is 6.18 Å². The van der Waals surface area contributed by atoms with Gasteiger partial charge in [-0.05, 0) is 36.4 Å². The molecule has 0 aromatic heterocycles. The molecule has 0 aliphatic carbocycles. The van der Waals surface area contributed by atoms with E-state index in [2.05, 4.69) is 5.32 Å². The third-order valence-electron chi connectivity index (χ3n) is 4.43. The number of anilines is 1. The Kier molecular flexibility index (Phi) is 6.34. The maximum atomic E-state index is 12.7. The van der Waals surface area contributed by atoms with Crippen molar-refractivity contribution < 1.29 is 18.0 Å². The zero-order valence-corrected chi connectivity index (χ0v) is 15.9. The summed E-state index contributed by atoms with van der Waals surface area (Å²) in [5, 5.41) is 2.93. The first-order valence-electron chi connectivity index (χ1n) is 9.12. The van der Waals surface area contributed by atoms with E-state index in [-0.39, 0.29) is 12.5 Å². The number of alkyl halides is 3. The number of amides is 1. The largest absolute Gasteiger partial charge is 0.416 e. The zero-order chi connectivity index (χ0) is 20.9. The molecule has 3 rings (SSSR count). The number of hydrogen-bond donors (Lipinski definition) is 1. The van der Waals surface area contributed by atoms with Crippen LogP contribution in [0, 0.1) is 0 Å². The fourth-order valence-electron chi connectivity index (χ4n) is 3.06. The van der Waals surface area contributed by atoms with Crippen LogP contribution in [0.1, 0.15) is 11.1 Å². The number of rotatable bonds is 6. The van der Waals surface area contributed by atoms with Crippen LogP contribution < -0.4 is 5.32 Å². The van der Waals surface area contributed by atoms with E-state index in [1.54, 1.807) is 11.9 Å². The van der Waals surface area contributed by atoms with Crippen LogP contribution in [0.4, 0.5) is 18.9 Å². The Bertz CT molecular complexity index is 954. The van der Waals surface area contributed by atoms with Crippen LogP contribution >= 0.6 is 0 Å². The number of likely N-dealkylation sites (N-methyl/N-ethyl adjacent to an activating group) is 1. The highest BCUT2D eigenvalue weighted by Crippen LogP contribution is 2.29. The highest BCUT2D eigenvalue weighted by atomic mass is 19.4. The van der Waals surface area contributed by atoms with E-state index in [4.69, 9.17) is 0 Å². The van der Waals surface area contributed by atoms with Crippen molar-refractivity contribution in [3.8, 4) is 11.1 Å². The first kappa shape index (κ1) is 20.6. The lowest BCUT2D eigenvalue weighted by Gasteiger charge is -2.18. The normalized spacial score (nSPS) is 11.5. The zero-order valence-electron chi connectivity index (χ0n) is 15.9. The summed E-state index contributed by atoms with van der Waals surface area (Å²) in [6.07, 6.45) is -4.35. The van der Waals surface area contributed by atoms with Crippen LogP contribution in [0.25, 0.3) is 11.1 Å². The Morgan fingerprint density at radius 1 is 0.897 bits per heavy atom. The van der Waals surface area contributed by atoms with Crippen molar-refractivity contribution in [2.24, 2.45) is 0 Å². The second kappa shape index (κ2) is 8.92. The summed E-state index contributed by atoms with van der Waals surface area (Å²) in [7, 11) is 1.75. The number of nitrogens with zero attached hydrogens (tertiary/aromatic N) is 1. The van der Waals surface area contributed by atoms with Gasteiger partial charge in [-0.2, -0.15) is 13.2 Å². The fourth-order valence-corrected chi connectivity index (χ4v) is 3.06. The van der Waals surface area contributed by atoms with Crippen molar-refractivity contribution in [1.82, 2.24) is 4.90 Å². The molecule has 0 atom stereocenters. The number of halogens is 3. The number of carbonyl (C=O) groups is 1. The second-order valence-corrected chi connectivity index (χ2v) is 6.83. The SMILES string of the molecule is CN(CC(=O)Nc1ccccc1-c1ccccc1)Cc1ccc(C(F)(F)F)cc1. The van der Waals surface area contributed by atoms with E-state index >= 15 is 0 Å². The molecule has 3 aromatic rings. The van der Waals surface area contributed by atoms with Gasteiger partial charge in [-0.1, -0.05) is 60.7 Å². The molecule has 0 saturated carbocycles. The average Bonchev–Trinajstić information content (AvgIpc) is 2.68. The van der Waals surface area contributed by atoms with Gasteiger partial charge in [-0.25, -0.2) is 0 Å². The molecule has 0 heterocycles. The van der Waals surface area contributed by atoms with E-state index in [1.165, 1.54) is 12.1 Å². The third kappa shape index (κ3) is 5.68. The van der Waals surface area contributed by atoms with Crippen molar-refractivity contribution in [2.75, 3.05) is 18.9 Å². The van der Waals surface area contributed by atoms with Crippen LogP contribution in [-0.2, 0) is 17.5 Å². The van der Waals surface area contributed by atoms with E-state index < -0.39 is 11.7 Å². The molecule has 0 fully saturated rings. The summed E-state index contributed by atoms with van der Waals surface area (Å²) < 4.78 is 38.0. The maximum absolute atomic E-state index is 12.7. The van der Waals surface area contributed by atoms with Crippen molar-refractivity contribution in [1.29, 1.82) is 0 Å². The lowest BCUT2D eigenvalue weighted by Crippen LogP contribution is -2.30. The first-order valence-corrected chi connectivity index (χ1v) is 9.12. The van der Waals surface area contributed by atoms with Crippen LogP contribution in [0.15, 0.2) is 78.9 Å². The van der Waals surface area contributed by atoms with Gasteiger partial charge in [0.15, 0.2) is 0 Å². The summed E-state index contributed by atoms with van der Waals surface area (Å²) >= 11 is 0. The molecule has 6 heteroatoms. The number of para-hydroxylation sites is 1. The molecule has 150 valence electrons. The predicted octanol–water partition coefficient (Wildman–Crippen LogP) is 5.44. The molecule has 29 heavy (non-hydrogen) atoms. The van der Waals surface area contributed by atoms with Crippen molar-refractivity contribution in [3.05, 3.63) is 90.0 Å². The summed E-state index contributed by atoms with van der Waals surface area (Å²) in [6.45, 7) is 0.482. The monoisotopic (exact) mass is 398 g/mol. The molecule has 0 saturated heterocycles. The number of carbonyl (C=O) groups excluding carboxylic acids is 1. The van der Waals surface area contributed by atoms with E-state index in [0.29, 0.717) is 17.8 Å². The molecule has 1 amide bonds. The van der Waals surface area contributed by atoms with Crippen molar-refractivity contribution >= 4 is 11.6 Å². The molecular formula is C23H21F3N2O. The molecule has 0 radical (unpaired) electrons. The number of nitrogens with one attached hydrogen (secondary N) is 1. The van der Waals surface area contributed by atoms with Crippen LogP contribution in [0.2, 0.25) is 0 Å². The van der Waals surface area contributed by atoms with Gasteiger partial charge in [0.1, 0.15) is 0 Å². The topological polar surface area (TPSA) is 32.3 Å². The molecule has 0 aliphatic rings. The average molecular weight is 398 g/mol. The van der Waals surface area contributed by atoms with Gasteiger partial charge < -0.3 is 5.32 Å².